The third-order valence-corrected chi connectivity index (χ3v) is 2.87. The maximum atomic E-state index is 11.0. The number of carbonyl (C=O) groups is 1. The van der Waals surface area contributed by atoms with Crippen LogP contribution in [0.1, 0.15) is 19.2 Å². The summed E-state index contributed by atoms with van der Waals surface area (Å²) in [6.45, 7) is 4.69. The van der Waals surface area contributed by atoms with E-state index in [9.17, 15) is 4.79 Å². The molecule has 0 aliphatic carbocycles. The van der Waals surface area contributed by atoms with Gasteiger partial charge in [-0.3, -0.25) is 4.79 Å². The summed E-state index contributed by atoms with van der Waals surface area (Å²) >= 11 is 1.53. The van der Waals surface area contributed by atoms with Crippen LogP contribution >= 0.6 is 11.8 Å². The highest BCUT2D eigenvalue weighted by atomic mass is 32.2. The molecule has 1 rings (SSSR count). The van der Waals surface area contributed by atoms with E-state index in [4.69, 9.17) is 0 Å². The minimum Gasteiger partial charge on any atom is -0.469 e. The van der Waals surface area contributed by atoms with Crippen molar-refractivity contribution in [3.8, 4) is 0 Å². The van der Waals surface area contributed by atoms with Crippen LogP contribution in [0.3, 0.4) is 0 Å². The molecule has 6 heteroatoms. The fraction of sp³-hybridized carbons (Fsp3) is 0.545. The smallest absolute Gasteiger partial charge is 0.306 e. The number of aromatic nitrogens is 2. The first-order valence-electron chi connectivity index (χ1n) is 5.45. The van der Waals surface area contributed by atoms with Crippen LogP contribution in [-0.4, -0.2) is 35.3 Å². The number of methoxy groups -OCH3 is 1. The topological polar surface area (TPSA) is 64.1 Å². The van der Waals surface area contributed by atoms with Crippen LogP contribution in [0.4, 0.5) is 5.82 Å². The van der Waals surface area contributed by atoms with Gasteiger partial charge in [-0.15, -0.1) is 11.8 Å². The molecule has 1 N–H and O–H groups in total. The highest BCUT2D eigenvalue weighted by molar-refractivity contribution is 7.99. The average Bonchev–Trinajstić information content (AvgIpc) is 2.28. The zero-order chi connectivity index (χ0) is 12.7. The van der Waals surface area contributed by atoms with Crippen molar-refractivity contribution >= 4 is 23.5 Å². The molecule has 0 unspecified atom stereocenters. The van der Waals surface area contributed by atoms with Gasteiger partial charge in [-0.2, -0.15) is 0 Å². The number of nitrogens with zero attached hydrogens (tertiary/aromatic N) is 2. The minimum absolute atomic E-state index is 0.199. The zero-order valence-electron chi connectivity index (χ0n) is 10.3. The number of hydrogen-bond acceptors (Lipinski definition) is 6. The predicted octanol–water partition coefficient (Wildman–Crippen LogP) is 1.87. The number of nitrogens with one attached hydrogen (secondary N) is 1. The van der Waals surface area contributed by atoms with E-state index in [1.807, 2.05) is 19.9 Å². The Bertz CT molecular complexity index is 385. The summed E-state index contributed by atoms with van der Waals surface area (Å²) in [7, 11) is 1.39. The average molecular weight is 255 g/mol. The van der Waals surface area contributed by atoms with Crippen molar-refractivity contribution in [1.82, 2.24) is 9.97 Å². The quantitative estimate of drug-likeness (QED) is 0.475. The molecule has 0 aliphatic rings. The number of carbonyl (C=O) groups excluding carboxylic acids is 1. The van der Waals surface area contributed by atoms with Gasteiger partial charge in [0.25, 0.3) is 0 Å². The Labute approximate surface area is 105 Å². The lowest BCUT2D eigenvalue weighted by Gasteiger charge is -2.06. The lowest BCUT2D eigenvalue weighted by atomic mass is 10.5. The Hall–Kier alpha value is -1.30. The van der Waals surface area contributed by atoms with E-state index < -0.39 is 0 Å². The molecule has 94 valence electrons. The molecular weight excluding hydrogens is 238 g/mol. The molecule has 0 aromatic carbocycles. The summed E-state index contributed by atoms with van der Waals surface area (Å²) in [5.41, 5.74) is 0. The molecule has 0 aliphatic heterocycles. The summed E-state index contributed by atoms with van der Waals surface area (Å²) in [5, 5.41) is 4.02. The first-order chi connectivity index (χ1) is 8.15. The van der Waals surface area contributed by atoms with Crippen LogP contribution in [0.15, 0.2) is 11.1 Å². The number of anilines is 1. The van der Waals surface area contributed by atoms with Crippen molar-refractivity contribution in [2.75, 3.05) is 24.7 Å². The molecule has 0 spiro atoms. The van der Waals surface area contributed by atoms with Gasteiger partial charge < -0.3 is 10.1 Å². The molecular formula is C11H17N3O2S. The van der Waals surface area contributed by atoms with Crippen molar-refractivity contribution in [3.63, 3.8) is 0 Å². The number of aryl methyl sites for hydroxylation is 1. The normalized spacial score (nSPS) is 10.1. The molecule has 0 saturated heterocycles. The zero-order valence-corrected chi connectivity index (χ0v) is 11.1. The number of esters is 1. The molecule has 0 saturated carbocycles. The number of thioether (sulfide) groups is 1. The Morgan fingerprint density at radius 1 is 1.53 bits per heavy atom. The highest BCUT2D eigenvalue weighted by Gasteiger charge is 2.04. The van der Waals surface area contributed by atoms with E-state index in [1.165, 1.54) is 18.9 Å². The van der Waals surface area contributed by atoms with E-state index in [0.717, 1.165) is 23.2 Å². The van der Waals surface area contributed by atoms with Crippen molar-refractivity contribution in [3.05, 3.63) is 11.9 Å². The first kappa shape index (κ1) is 13.8. The van der Waals surface area contributed by atoms with Gasteiger partial charge in [-0.05, 0) is 13.8 Å². The number of rotatable bonds is 6. The lowest BCUT2D eigenvalue weighted by molar-refractivity contribution is -0.140. The van der Waals surface area contributed by atoms with Gasteiger partial charge in [-0.1, -0.05) is 0 Å². The largest absolute Gasteiger partial charge is 0.469 e. The fourth-order valence-electron chi connectivity index (χ4n) is 1.23. The second kappa shape index (κ2) is 7.11. The second-order valence-electron chi connectivity index (χ2n) is 3.34. The van der Waals surface area contributed by atoms with Crippen LogP contribution in [0.25, 0.3) is 0 Å². The van der Waals surface area contributed by atoms with Gasteiger partial charge in [0.05, 0.1) is 13.5 Å². The molecule has 0 amide bonds. The summed E-state index contributed by atoms with van der Waals surface area (Å²) in [4.78, 5) is 19.5. The van der Waals surface area contributed by atoms with Crippen molar-refractivity contribution in [2.45, 2.75) is 25.3 Å². The molecule has 17 heavy (non-hydrogen) atoms. The van der Waals surface area contributed by atoms with Crippen molar-refractivity contribution in [1.29, 1.82) is 0 Å². The van der Waals surface area contributed by atoms with Crippen LogP contribution in [0.2, 0.25) is 0 Å². The van der Waals surface area contributed by atoms with E-state index in [1.54, 1.807) is 0 Å². The summed E-state index contributed by atoms with van der Waals surface area (Å²) in [6.07, 6.45) is 0.390. The lowest BCUT2D eigenvalue weighted by Crippen LogP contribution is -2.03. The van der Waals surface area contributed by atoms with E-state index >= 15 is 0 Å². The summed E-state index contributed by atoms with van der Waals surface area (Å²) in [6, 6.07) is 1.89. The third-order valence-electron chi connectivity index (χ3n) is 1.96. The highest BCUT2D eigenvalue weighted by Crippen LogP contribution is 2.19. The number of hydrogen-bond donors (Lipinski definition) is 1. The molecule has 5 nitrogen and oxygen atoms in total. The predicted molar refractivity (Wildman–Crippen MR) is 68.3 cm³/mol. The van der Waals surface area contributed by atoms with Crippen molar-refractivity contribution in [2.24, 2.45) is 0 Å². The van der Waals surface area contributed by atoms with E-state index in [2.05, 4.69) is 20.0 Å². The monoisotopic (exact) mass is 255 g/mol. The van der Waals surface area contributed by atoms with Gasteiger partial charge in [0.2, 0.25) is 0 Å². The maximum absolute atomic E-state index is 11.0. The van der Waals surface area contributed by atoms with Crippen molar-refractivity contribution < 1.29 is 9.53 Å². The Morgan fingerprint density at radius 3 is 2.94 bits per heavy atom. The Balaban J connectivity index is 2.55. The summed E-state index contributed by atoms with van der Waals surface area (Å²) in [5.74, 6) is 2.01. The van der Waals surface area contributed by atoms with Gasteiger partial charge in [0.15, 0.2) is 0 Å². The summed E-state index contributed by atoms with van der Waals surface area (Å²) < 4.78 is 4.58. The van der Waals surface area contributed by atoms with Gasteiger partial charge in [0.1, 0.15) is 16.7 Å². The standard InChI is InChI=1S/C11H17N3O2S/c1-4-12-9-7-10(14-8(2)13-9)17-6-5-11(15)16-3/h7H,4-6H2,1-3H3,(H,12,13,14). The Kier molecular flexibility index (Phi) is 5.76. The molecule has 0 radical (unpaired) electrons. The molecule has 0 atom stereocenters. The van der Waals surface area contributed by atoms with E-state index in [0.29, 0.717) is 12.2 Å². The fourth-order valence-corrected chi connectivity index (χ4v) is 2.10. The molecule has 0 bridgehead atoms. The molecule has 0 fully saturated rings. The SMILES string of the molecule is CCNc1cc(SCCC(=O)OC)nc(C)n1. The minimum atomic E-state index is -0.199. The molecule has 1 aromatic heterocycles. The first-order valence-corrected chi connectivity index (χ1v) is 6.43. The molecule has 1 aromatic rings. The van der Waals surface area contributed by atoms with Gasteiger partial charge in [-0.25, -0.2) is 9.97 Å². The van der Waals surface area contributed by atoms with Crippen LogP contribution in [0, 0.1) is 6.92 Å². The number of ether oxygens (including phenoxy) is 1. The van der Waals surface area contributed by atoms with Gasteiger partial charge >= 0.3 is 5.97 Å². The van der Waals surface area contributed by atoms with Gasteiger partial charge in [0, 0.05) is 18.4 Å². The van der Waals surface area contributed by atoms with Crippen LogP contribution in [0.5, 0.6) is 0 Å². The Morgan fingerprint density at radius 2 is 2.29 bits per heavy atom. The van der Waals surface area contributed by atoms with E-state index in [-0.39, 0.29) is 5.97 Å². The third kappa shape index (κ3) is 5.04. The van der Waals surface area contributed by atoms with Crippen LogP contribution < -0.4 is 5.32 Å². The maximum Gasteiger partial charge on any atom is 0.306 e. The molecule has 1 heterocycles. The second-order valence-corrected chi connectivity index (χ2v) is 4.46. The van der Waals surface area contributed by atoms with Crippen LogP contribution in [-0.2, 0) is 9.53 Å².